The number of hydrogen-bond acceptors (Lipinski definition) is 4. The standard InChI is InChI=1S/C11H17NO2S/c1-14-9-4-5-10(12)11(8-9)15-7-3-2-6-13/h4-5,8,13H,2-3,6-7,12H2,1H3. The van der Waals surface area contributed by atoms with Gasteiger partial charge in [0.2, 0.25) is 0 Å². The van der Waals surface area contributed by atoms with E-state index >= 15 is 0 Å². The van der Waals surface area contributed by atoms with Gasteiger partial charge in [-0.1, -0.05) is 0 Å². The minimum absolute atomic E-state index is 0.258. The molecule has 0 unspecified atom stereocenters. The third-order valence-corrected chi connectivity index (χ3v) is 3.19. The second-order valence-corrected chi connectivity index (χ2v) is 4.32. The van der Waals surface area contributed by atoms with Crippen LogP contribution in [0.4, 0.5) is 5.69 Å². The zero-order valence-corrected chi connectivity index (χ0v) is 9.72. The molecule has 1 rings (SSSR count). The number of methoxy groups -OCH3 is 1. The number of hydrogen-bond donors (Lipinski definition) is 2. The molecule has 0 aliphatic heterocycles. The summed E-state index contributed by atoms with van der Waals surface area (Å²) in [6, 6.07) is 5.65. The molecular weight excluding hydrogens is 210 g/mol. The van der Waals surface area contributed by atoms with Gasteiger partial charge in [0.15, 0.2) is 0 Å². The van der Waals surface area contributed by atoms with E-state index in [0.29, 0.717) is 0 Å². The van der Waals surface area contributed by atoms with Crippen molar-refractivity contribution in [2.24, 2.45) is 0 Å². The molecule has 0 bridgehead atoms. The molecule has 0 amide bonds. The minimum atomic E-state index is 0.258. The van der Waals surface area contributed by atoms with E-state index in [-0.39, 0.29) is 6.61 Å². The van der Waals surface area contributed by atoms with Gasteiger partial charge in [-0.15, -0.1) is 11.8 Å². The van der Waals surface area contributed by atoms with Crippen LogP contribution in [0.1, 0.15) is 12.8 Å². The smallest absolute Gasteiger partial charge is 0.120 e. The molecule has 3 nitrogen and oxygen atoms in total. The Bertz CT molecular complexity index is 305. The maximum absolute atomic E-state index is 8.65. The Kier molecular flexibility index (Phi) is 5.36. The van der Waals surface area contributed by atoms with Crippen LogP contribution in [0, 0.1) is 0 Å². The number of aliphatic hydroxyl groups is 1. The number of ether oxygens (including phenoxy) is 1. The third-order valence-electron chi connectivity index (χ3n) is 2.03. The van der Waals surface area contributed by atoms with Crippen LogP contribution in [-0.2, 0) is 0 Å². The quantitative estimate of drug-likeness (QED) is 0.444. The summed E-state index contributed by atoms with van der Waals surface area (Å²) in [7, 11) is 1.64. The summed E-state index contributed by atoms with van der Waals surface area (Å²) in [6.07, 6.45) is 1.84. The van der Waals surface area contributed by atoms with Gasteiger partial charge in [-0.25, -0.2) is 0 Å². The van der Waals surface area contributed by atoms with Gasteiger partial charge in [0.1, 0.15) is 5.75 Å². The molecule has 0 spiro atoms. The molecule has 0 radical (unpaired) electrons. The normalized spacial score (nSPS) is 10.3. The molecule has 15 heavy (non-hydrogen) atoms. The van der Waals surface area contributed by atoms with Crippen LogP contribution in [0.15, 0.2) is 23.1 Å². The number of benzene rings is 1. The van der Waals surface area contributed by atoms with Gasteiger partial charge in [0, 0.05) is 17.2 Å². The molecule has 0 aliphatic carbocycles. The molecular formula is C11H17NO2S. The van der Waals surface area contributed by atoms with Crippen LogP contribution >= 0.6 is 11.8 Å². The molecule has 1 aromatic rings. The number of nitrogen functional groups attached to an aromatic ring is 1. The van der Waals surface area contributed by atoms with Gasteiger partial charge in [-0.2, -0.15) is 0 Å². The van der Waals surface area contributed by atoms with E-state index in [2.05, 4.69) is 0 Å². The second-order valence-electron chi connectivity index (χ2n) is 3.18. The maximum atomic E-state index is 8.65. The SMILES string of the molecule is COc1ccc(N)c(SCCCCO)c1. The van der Waals surface area contributed by atoms with Crippen LogP contribution in [0.3, 0.4) is 0 Å². The highest BCUT2D eigenvalue weighted by atomic mass is 32.2. The molecule has 84 valence electrons. The third kappa shape index (κ3) is 4.01. The summed E-state index contributed by atoms with van der Waals surface area (Å²) in [5, 5.41) is 8.65. The maximum Gasteiger partial charge on any atom is 0.120 e. The van der Waals surface area contributed by atoms with Crippen molar-refractivity contribution in [3.63, 3.8) is 0 Å². The van der Waals surface area contributed by atoms with Gasteiger partial charge < -0.3 is 15.6 Å². The summed E-state index contributed by atoms with van der Waals surface area (Å²) < 4.78 is 5.13. The van der Waals surface area contributed by atoms with E-state index in [9.17, 15) is 0 Å². The van der Waals surface area contributed by atoms with Crippen LogP contribution in [0.2, 0.25) is 0 Å². The van der Waals surface area contributed by atoms with Crippen molar-refractivity contribution >= 4 is 17.4 Å². The first-order valence-corrected chi connectivity index (χ1v) is 5.93. The average molecular weight is 227 g/mol. The Balaban J connectivity index is 2.51. The van der Waals surface area contributed by atoms with Crippen molar-refractivity contribution in [1.82, 2.24) is 0 Å². The van der Waals surface area contributed by atoms with Gasteiger partial charge in [-0.3, -0.25) is 0 Å². The molecule has 0 saturated heterocycles. The largest absolute Gasteiger partial charge is 0.497 e. The first-order chi connectivity index (χ1) is 7.27. The van der Waals surface area contributed by atoms with E-state index in [1.165, 1.54) is 0 Å². The molecule has 1 aromatic carbocycles. The molecule has 0 atom stereocenters. The van der Waals surface area contributed by atoms with Crippen LogP contribution in [0.5, 0.6) is 5.75 Å². The highest BCUT2D eigenvalue weighted by molar-refractivity contribution is 7.99. The lowest BCUT2D eigenvalue weighted by Gasteiger charge is -2.07. The van der Waals surface area contributed by atoms with Gasteiger partial charge in [-0.05, 0) is 36.8 Å². The van der Waals surface area contributed by atoms with Gasteiger partial charge >= 0.3 is 0 Å². The van der Waals surface area contributed by atoms with E-state index < -0.39 is 0 Å². The molecule has 0 aromatic heterocycles. The van der Waals surface area contributed by atoms with Crippen molar-refractivity contribution in [3.8, 4) is 5.75 Å². The highest BCUT2D eigenvalue weighted by Crippen LogP contribution is 2.29. The molecule has 0 saturated carbocycles. The fraction of sp³-hybridized carbons (Fsp3) is 0.455. The van der Waals surface area contributed by atoms with E-state index in [1.807, 2.05) is 18.2 Å². The zero-order chi connectivity index (χ0) is 11.1. The molecule has 0 fully saturated rings. The molecule has 0 heterocycles. The topological polar surface area (TPSA) is 55.5 Å². The highest BCUT2D eigenvalue weighted by Gasteiger charge is 2.01. The Labute approximate surface area is 94.6 Å². The number of nitrogens with two attached hydrogens (primary N) is 1. The number of unbranched alkanes of at least 4 members (excludes halogenated alkanes) is 1. The van der Waals surface area contributed by atoms with E-state index in [4.69, 9.17) is 15.6 Å². The summed E-state index contributed by atoms with van der Waals surface area (Å²) in [6.45, 7) is 0.258. The van der Waals surface area contributed by atoms with Crippen molar-refractivity contribution in [2.75, 3.05) is 25.2 Å². The van der Waals surface area contributed by atoms with Crippen LogP contribution in [0.25, 0.3) is 0 Å². The predicted molar refractivity (Wildman–Crippen MR) is 64.5 cm³/mol. The fourth-order valence-corrected chi connectivity index (χ4v) is 2.17. The Morgan fingerprint density at radius 2 is 2.20 bits per heavy atom. The summed E-state index contributed by atoms with van der Waals surface area (Å²) in [4.78, 5) is 1.05. The lowest BCUT2D eigenvalue weighted by Crippen LogP contribution is -1.92. The summed E-state index contributed by atoms with van der Waals surface area (Å²) >= 11 is 1.70. The molecule has 0 aliphatic rings. The van der Waals surface area contributed by atoms with Crippen LogP contribution in [-0.4, -0.2) is 24.6 Å². The van der Waals surface area contributed by atoms with Gasteiger partial charge in [0.05, 0.1) is 7.11 Å². The number of aliphatic hydroxyl groups excluding tert-OH is 1. The predicted octanol–water partition coefficient (Wildman–Crippen LogP) is 2.14. The summed E-state index contributed by atoms with van der Waals surface area (Å²) in [5.74, 6) is 1.80. The van der Waals surface area contributed by atoms with Crippen molar-refractivity contribution in [3.05, 3.63) is 18.2 Å². The average Bonchev–Trinajstić information content (AvgIpc) is 2.26. The monoisotopic (exact) mass is 227 g/mol. The Morgan fingerprint density at radius 3 is 2.87 bits per heavy atom. The number of rotatable bonds is 6. The van der Waals surface area contributed by atoms with E-state index in [0.717, 1.165) is 34.9 Å². The van der Waals surface area contributed by atoms with Crippen molar-refractivity contribution in [2.45, 2.75) is 17.7 Å². The summed E-state index contributed by atoms with van der Waals surface area (Å²) in [5.41, 5.74) is 6.62. The molecule has 3 N–H and O–H groups in total. The van der Waals surface area contributed by atoms with E-state index in [1.54, 1.807) is 18.9 Å². The lowest BCUT2D eigenvalue weighted by molar-refractivity contribution is 0.287. The first-order valence-electron chi connectivity index (χ1n) is 4.95. The van der Waals surface area contributed by atoms with Crippen molar-refractivity contribution < 1.29 is 9.84 Å². The van der Waals surface area contributed by atoms with Crippen molar-refractivity contribution in [1.29, 1.82) is 0 Å². The lowest BCUT2D eigenvalue weighted by atomic mass is 10.3. The Morgan fingerprint density at radius 1 is 1.40 bits per heavy atom. The second kappa shape index (κ2) is 6.58. The first kappa shape index (κ1) is 12.2. The fourth-order valence-electron chi connectivity index (χ4n) is 1.16. The zero-order valence-electron chi connectivity index (χ0n) is 8.90. The Hall–Kier alpha value is -0.870. The number of anilines is 1. The molecule has 4 heteroatoms. The minimum Gasteiger partial charge on any atom is -0.497 e. The van der Waals surface area contributed by atoms with Crippen LogP contribution < -0.4 is 10.5 Å². The van der Waals surface area contributed by atoms with Gasteiger partial charge in [0.25, 0.3) is 0 Å². The number of thioether (sulfide) groups is 1.